The van der Waals surface area contributed by atoms with Crippen LogP contribution in [-0.4, -0.2) is 28.3 Å². The van der Waals surface area contributed by atoms with Crippen LogP contribution in [0.15, 0.2) is 30.5 Å². The summed E-state index contributed by atoms with van der Waals surface area (Å²) in [5, 5.41) is 12.1. The van der Waals surface area contributed by atoms with Crippen LogP contribution < -0.4 is 10.2 Å². The van der Waals surface area contributed by atoms with E-state index in [4.69, 9.17) is 11.6 Å². The topological polar surface area (TPSA) is 53.9 Å². The lowest BCUT2D eigenvalue weighted by molar-refractivity contribution is 0.848. The van der Waals surface area contributed by atoms with Crippen LogP contribution in [0.5, 0.6) is 0 Å². The molecule has 1 aromatic carbocycles. The smallest absolute Gasteiger partial charge is 0.247 e. The van der Waals surface area contributed by atoms with Crippen LogP contribution in [0.3, 0.4) is 0 Å². The SMILES string of the molecule is Clc1ccccc1CNc1cnnc(N2CCCC2)n1. The molecule has 1 N–H and O–H groups in total. The fourth-order valence-corrected chi connectivity index (χ4v) is 2.46. The number of nitrogens with zero attached hydrogens (tertiary/aromatic N) is 4. The van der Waals surface area contributed by atoms with E-state index >= 15 is 0 Å². The van der Waals surface area contributed by atoms with Crippen molar-refractivity contribution in [3.8, 4) is 0 Å². The maximum atomic E-state index is 6.13. The van der Waals surface area contributed by atoms with Gasteiger partial charge in [-0.2, -0.15) is 10.1 Å². The molecule has 0 atom stereocenters. The Hall–Kier alpha value is -1.88. The Balaban J connectivity index is 1.68. The summed E-state index contributed by atoms with van der Waals surface area (Å²) in [6, 6.07) is 7.76. The number of anilines is 2. The van der Waals surface area contributed by atoms with Gasteiger partial charge in [-0.25, -0.2) is 0 Å². The minimum absolute atomic E-state index is 0.623. The molecule has 1 aromatic heterocycles. The Kier molecular flexibility index (Phi) is 3.97. The number of benzene rings is 1. The van der Waals surface area contributed by atoms with E-state index in [1.165, 1.54) is 12.8 Å². The zero-order valence-corrected chi connectivity index (χ0v) is 11.8. The van der Waals surface area contributed by atoms with Gasteiger partial charge in [0.15, 0.2) is 5.82 Å². The van der Waals surface area contributed by atoms with E-state index in [-0.39, 0.29) is 0 Å². The van der Waals surface area contributed by atoms with Gasteiger partial charge in [0.2, 0.25) is 5.95 Å². The highest BCUT2D eigenvalue weighted by molar-refractivity contribution is 6.31. The molecule has 3 rings (SSSR count). The van der Waals surface area contributed by atoms with Gasteiger partial charge in [0.05, 0.1) is 6.20 Å². The van der Waals surface area contributed by atoms with E-state index in [1.54, 1.807) is 6.20 Å². The Labute approximate surface area is 123 Å². The van der Waals surface area contributed by atoms with Crippen molar-refractivity contribution in [2.24, 2.45) is 0 Å². The molecule has 0 unspecified atom stereocenters. The summed E-state index contributed by atoms with van der Waals surface area (Å²) in [5.41, 5.74) is 1.04. The van der Waals surface area contributed by atoms with Crippen LogP contribution in [0, 0.1) is 0 Å². The summed E-state index contributed by atoms with van der Waals surface area (Å²) in [6.07, 6.45) is 4.03. The first-order valence-electron chi connectivity index (χ1n) is 6.75. The fourth-order valence-electron chi connectivity index (χ4n) is 2.26. The molecule has 0 spiro atoms. The van der Waals surface area contributed by atoms with Crippen LogP contribution >= 0.6 is 11.6 Å². The zero-order valence-electron chi connectivity index (χ0n) is 11.1. The van der Waals surface area contributed by atoms with Crippen LogP contribution in [0.4, 0.5) is 11.8 Å². The molecule has 1 saturated heterocycles. The van der Waals surface area contributed by atoms with Crippen LogP contribution in [0.25, 0.3) is 0 Å². The number of nitrogens with one attached hydrogen (secondary N) is 1. The second kappa shape index (κ2) is 6.05. The molecule has 2 heterocycles. The molecule has 5 nitrogen and oxygen atoms in total. The van der Waals surface area contributed by atoms with Crippen molar-refractivity contribution in [3.05, 3.63) is 41.0 Å². The molecule has 0 bridgehead atoms. The average Bonchev–Trinajstić information content (AvgIpc) is 3.01. The highest BCUT2D eigenvalue weighted by atomic mass is 35.5. The van der Waals surface area contributed by atoms with Gasteiger partial charge in [-0.15, -0.1) is 5.10 Å². The predicted octanol–water partition coefficient (Wildman–Crippen LogP) is 2.74. The van der Waals surface area contributed by atoms with Crippen molar-refractivity contribution in [2.75, 3.05) is 23.3 Å². The molecular weight excluding hydrogens is 274 g/mol. The predicted molar refractivity (Wildman–Crippen MR) is 80.1 cm³/mol. The Morgan fingerprint density at radius 3 is 2.80 bits per heavy atom. The molecule has 0 saturated carbocycles. The van der Waals surface area contributed by atoms with Gasteiger partial charge in [-0.05, 0) is 24.5 Å². The summed E-state index contributed by atoms with van der Waals surface area (Å²) < 4.78 is 0. The van der Waals surface area contributed by atoms with Crippen molar-refractivity contribution in [3.63, 3.8) is 0 Å². The van der Waals surface area contributed by atoms with Gasteiger partial charge < -0.3 is 10.2 Å². The Bertz CT molecular complexity index is 583. The average molecular weight is 290 g/mol. The molecule has 1 fully saturated rings. The standard InChI is InChI=1S/C14H16ClN5/c15-12-6-2-1-5-11(12)9-16-13-10-17-19-14(18-13)20-7-3-4-8-20/h1-2,5-6,10H,3-4,7-9H2,(H,16,18,19). The van der Waals surface area contributed by atoms with E-state index in [1.807, 2.05) is 24.3 Å². The summed E-state index contributed by atoms with van der Waals surface area (Å²) in [4.78, 5) is 6.66. The van der Waals surface area contributed by atoms with E-state index < -0.39 is 0 Å². The van der Waals surface area contributed by atoms with Crippen molar-refractivity contribution in [1.29, 1.82) is 0 Å². The number of hydrogen-bond donors (Lipinski definition) is 1. The molecular formula is C14H16ClN5. The van der Waals surface area contributed by atoms with E-state index in [0.717, 1.165) is 29.5 Å². The van der Waals surface area contributed by atoms with Gasteiger partial charge >= 0.3 is 0 Å². The molecule has 1 aliphatic rings. The maximum absolute atomic E-state index is 6.13. The molecule has 6 heteroatoms. The first-order valence-corrected chi connectivity index (χ1v) is 7.13. The second-order valence-electron chi connectivity index (χ2n) is 4.78. The number of hydrogen-bond acceptors (Lipinski definition) is 5. The van der Waals surface area contributed by atoms with Crippen LogP contribution in [0.1, 0.15) is 18.4 Å². The summed E-state index contributed by atoms with van der Waals surface area (Å²) >= 11 is 6.13. The lowest BCUT2D eigenvalue weighted by Gasteiger charge is -2.15. The van der Waals surface area contributed by atoms with E-state index in [0.29, 0.717) is 12.5 Å². The highest BCUT2D eigenvalue weighted by Crippen LogP contribution is 2.18. The first-order chi connectivity index (χ1) is 9.83. The van der Waals surface area contributed by atoms with Crippen molar-refractivity contribution in [2.45, 2.75) is 19.4 Å². The molecule has 0 amide bonds. The molecule has 0 aliphatic carbocycles. The highest BCUT2D eigenvalue weighted by Gasteiger charge is 2.15. The third-order valence-electron chi connectivity index (χ3n) is 3.35. The first kappa shape index (κ1) is 13.1. The third-order valence-corrected chi connectivity index (χ3v) is 3.72. The third kappa shape index (κ3) is 2.99. The molecule has 0 radical (unpaired) electrons. The van der Waals surface area contributed by atoms with Crippen molar-refractivity contribution >= 4 is 23.4 Å². The Morgan fingerprint density at radius 1 is 1.20 bits per heavy atom. The second-order valence-corrected chi connectivity index (χ2v) is 5.19. The minimum atomic E-state index is 0.623. The van der Waals surface area contributed by atoms with Gasteiger partial charge in [-0.3, -0.25) is 0 Å². The Morgan fingerprint density at radius 2 is 2.00 bits per heavy atom. The molecule has 1 aliphatic heterocycles. The monoisotopic (exact) mass is 289 g/mol. The largest absolute Gasteiger partial charge is 0.364 e. The number of rotatable bonds is 4. The molecule has 2 aromatic rings. The lowest BCUT2D eigenvalue weighted by atomic mass is 10.2. The lowest BCUT2D eigenvalue weighted by Crippen LogP contribution is -2.21. The van der Waals surface area contributed by atoms with Gasteiger partial charge in [-0.1, -0.05) is 29.8 Å². The van der Waals surface area contributed by atoms with Crippen LogP contribution in [-0.2, 0) is 6.54 Å². The number of aromatic nitrogens is 3. The van der Waals surface area contributed by atoms with Gasteiger partial charge in [0, 0.05) is 24.7 Å². The normalized spacial score (nSPS) is 14.6. The van der Waals surface area contributed by atoms with Crippen molar-refractivity contribution in [1.82, 2.24) is 15.2 Å². The maximum Gasteiger partial charge on any atom is 0.247 e. The van der Waals surface area contributed by atoms with E-state index in [2.05, 4.69) is 25.4 Å². The summed E-state index contributed by atoms with van der Waals surface area (Å²) in [5.74, 6) is 1.42. The fraction of sp³-hybridized carbons (Fsp3) is 0.357. The summed E-state index contributed by atoms with van der Waals surface area (Å²) in [7, 11) is 0. The van der Waals surface area contributed by atoms with Gasteiger partial charge in [0.1, 0.15) is 0 Å². The summed E-state index contributed by atoms with van der Waals surface area (Å²) in [6.45, 7) is 2.64. The zero-order chi connectivity index (χ0) is 13.8. The number of halogens is 1. The molecule has 20 heavy (non-hydrogen) atoms. The van der Waals surface area contributed by atoms with Crippen LogP contribution in [0.2, 0.25) is 5.02 Å². The quantitative estimate of drug-likeness (QED) is 0.938. The van der Waals surface area contributed by atoms with Gasteiger partial charge in [0.25, 0.3) is 0 Å². The minimum Gasteiger partial charge on any atom is -0.364 e. The van der Waals surface area contributed by atoms with E-state index in [9.17, 15) is 0 Å². The molecule has 104 valence electrons. The van der Waals surface area contributed by atoms with Crippen molar-refractivity contribution < 1.29 is 0 Å².